The molecule has 0 aliphatic carbocycles. The highest BCUT2D eigenvalue weighted by molar-refractivity contribution is 5.71. The van der Waals surface area contributed by atoms with Gasteiger partial charge < -0.3 is 14.2 Å². The summed E-state index contributed by atoms with van der Waals surface area (Å²) in [6.07, 6.45) is 88.3. The van der Waals surface area contributed by atoms with E-state index in [1.54, 1.807) is 0 Å². The summed E-state index contributed by atoms with van der Waals surface area (Å²) in [6.45, 7) is 6.57. The van der Waals surface area contributed by atoms with Gasteiger partial charge in [-0.2, -0.15) is 0 Å². The maximum absolute atomic E-state index is 12.9. The van der Waals surface area contributed by atoms with Crippen molar-refractivity contribution in [1.82, 2.24) is 0 Å². The smallest absolute Gasteiger partial charge is 0.306 e. The molecule has 80 heavy (non-hydrogen) atoms. The van der Waals surface area contributed by atoms with Gasteiger partial charge >= 0.3 is 17.9 Å². The highest BCUT2D eigenvalue weighted by atomic mass is 16.6. The Morgan fingerprint density at radius 3 is 0.762 bits per heavy atom. The lowest BCUT2D eigenvalue weighted by Gasteiger charge is -2.18. The SMILES string of the molecule is CC/C=C\C/C=C\C/C=C\C/C=C\C/C=C\CCCCCCCCCCCC(=O)OC(COC(=O)CCCCCCCCCCCC)COC(=O)CCCCCCCCCCCCCCCCCCCCCCCCCCCCC. The largest absolute Gasteiger partial charge is 0.462 e. The third-order valence-electron chi connectivity index (χ3n) is 15.8. The maximum atomic E-state index is 12.9. The van der Waals surface area contributed by atoms with E-state index in [0.717, 1.165) is 96.3 Å². The van der Waals surface area contributed by atoms with Crippen LogP contribution in [0, 0.1) is 0 Å². The molecular formula is C74H134O6. The molecule has 0 N–H and O–H groups in total. The number of carbonyl (C=O) groups excluding carboxylic acids is 3. The van der Waals surface area contributed by atoms with E-state index in [1.165, 1.54) is 238 Å². The van der Waals surface area contributed by atoms with Gasteiger partial charge in [0, 0.05) is 19.3 Å². The normalized spacial score (nSPS) is 12.4. The van der Waals surface area contributed by atoms with Gasteiger partial charge in [0.1, 0.15) is 13.2 Å². The molecule has 0 aromatic heterocycles. The molecule has 1 atom stereocenters. The van der Waals surface area contributed by atoms with Crippen molar-refractivity contribution in [2.24, 2.45) is 0 Å². The van der Waals surface area contributed by atoms with Gasteiger partial charge in [-0.15, -0.1) is 0 Å². The molecule has 0 bridgehead atoms. The number of hydrogen-bond acceptors (Lipinski definition) is 6. The number of rotatable bonds is 65. The summed E-state index contributed by atoms with van der Waals surface area (Å²) in [6, 6.07) is 0. The fraction of sp³-hybridized carbons (Fsp3) is 0.824. The Morgan fingerprint density at radius 1 is 0.263 bits per heavy atom. The molecular weight excluding hydrogens is 985 g/mol. The maximum Gasteiger partial charge on any atom is 0.306 e. The predicted molar refractivity (Wildman–Crippen MR) is 348 cm³/mol. The van der Waals surface area contributed by atoms with E-state index >= 15 is 0 Å². The first-order valence-corrected chi connectivity index (χ1v) is 35.3. The number of esters is 3. The van der Waals surface area contributed by atoms with Crippen molar-refractivity contribution in [1.29, 1.82) is 0 Å². The Labute approximate surface area is 498 Å². The monoisotopic (exact) mass is 1120 g/mol. The number of allylic oxidation sites excluding steroid dienone is 10. The van der Waals surface area contributed by atoms with Gasteiger partial charge in [-0.1, -0.05) is 351 Å². The Bertz CT molecular complexity index is 1430. The van der Waals surface area contributed by atoms with Crippen LogP contribution in [0.2, 0.25) is 0 Å². The van der Waals surface area contributed by atoms with Gasteiger partial charge in [-0.25, -0.2) is 0 Å². The lowest BCUT2D eigenvalue weighted by atomic mass is 10.0. The Kier molecular flexibility index (Phi) is 66.1. The van der Waals surface area contributed by atoms with Gasteiger partial charge in [0.2, 0.25) is 0 Å². The van der Waals surface area contributed by atoms with E-state index in [-0.39, 0.29) is 31.1 Å². The van der Waals surface area contributed by atoms with E-state index in [2.05, 4.69) is 81.5 Å². The zero-order chi connectivity index (χ0) is 57.8. The first kappa shape index (κ1) is 77.1. The molecule has 0 radical (unpaired) electrons. The lowest BCUT2D eigenvalue weighted by Crippen LogP contribution is -2.30. The third-order valence-corrected chi connectivity index (χ3v) is 15.8. The molecule has 466 valence electrons. The van der Waals surface area contributed by atoms with Crippen molar-refractivity contribution in [2.45, 2.75) is 380 Å². The Balaban J connectivity index is 4.17. The summed E-state index contributed by atoms with van der Waals surface area (Å²) < 4.78 is 17.0. The second-order valence-electron chi connectivity index (χ2n) is 23.8. The molecule has 0 saturated carbocycles. The fourth-order valence-corrected chi connectivity index (χ4v) is 10.5. The molecule has 0 aromatic carbocycles. The minimum absolute atomic E-state index is 0.0715. The average molecular weight is 1120 g/mol. The second kappa shape index (κ2) is 68.6. The fourth-order valence-electron chi connectivity index (χ4n) is 10.5. The second-order valence-corrected chi connectivity index (χ2v) is 23.8. The molecule has 0 aromatic rings. The molecule has 6 nitrogen and oxygen atoms in total. The molecule has 0 spiro atoms. The van der Waals surface area contributed by atoms with Crippen LogP contribution in [0.1, 0.15) is 374 Å². The molecule has 0 rings (SSSR count). The van der Waals surface area contributed by atoms with E-state index < -0.39 is 6.10 Å². The lowest BCUT2D eigenvalue weighted by molar-refractivity contribution is -0.167. The van der Waals surface area contributed by atoms with Crippen LogP contribution in [-0.2, 0) is 28.6 Å². The van der Waals surface area contributed by atoms with Crippen molar-refractivity contribution in [3.8, 4) is 0 Å². The van der Waals surface area contributed by atoms with Crippen LogP contribution in [0.5, 0.6) is 0 Å². The van der Waals surface area contributed by atoms with Crippen LogP contribution in [0.4, 0.5) is 0 Å². The van der Waals surface area contributed by atoms with Gasteiger partial charge in [-0.3, -0.25) is 14.4 Å². The summed E-state index contributed by atoms with van der Waals surface area (Å²) in [5, 5.41) is 0. The van der Waals surface area contributed by atoms with Gasteiger partial charge in [0.15, 0.2) is 6.10 Å². The highest BCUT2D eigenvalue weighted by Gasteiger charge is 2.19. The van der Waals surface area contributed by atoms with E-state index in [1.807, 2.05) is 0 Å². The van der Waals surface area contributed by atoms with Crippen LogP contribution in [0.25, 0.3) is 0 Å². The number of carbonyl (C=O) groups is 3. The van der Waals surface area contributed by atoms with Crippen LogP contribution in [0.15, 0.2) is 60.8 Å². The van der Waals surface area contributed by atoms with Crippen molar-refractivity contribution >= 4 is 17.9 Å². The summed E-state index contributed by atoms with van der Waals surface area (Å²) in [5.74, 6) is -0.856. The summed E-state index contributed by atoms with van der Waals surface area (Å²) in [5.41, 5.74) is 0. The first-order chi connectivity index (χ1) is 39.5. The topological polar surface area (TPSA) is 78.9 Å². The van der Waals surface area contributed by atoms with Gasteiger partial charge in [0.25, 0.3) is 0 Å². The van der Waals surface area contributed by atoms with E-state index in [4.69, 9.17) is 14.2 Å². The number of hydrogen-bond donors (Lipinski definition) is 0. The molecule has 0 saturated heterocycles. The molecule has 1 unspecified atom stereocenters. The number of unbranched alkanes of at least 4 members (excludes halogenated alkanes) is 44. The summed E-state index contributed by atoms with van der Waals surface area (Å²) in [7, 11) is 0. The zero-order valence-corrected chi connectivity index (χ0v) is 53.6. The van der Waals surface area contributed by atoms with Crippen LogP contribution < -0.4 is 0 Å². The van der Waals surface area contributed by atoms with Crippen LogP contribution in [0.3, 0.4) is 0 Å². The Morgan fingerprint density at radius 2 is 0.487 bits per heavy atom. The minimum Gasteiger partial charge on any atom is -0.462 e. The van der Waals surface area contributed by atoms with Crippen molar-refractivity contribution in [2.75, 3.05) is 13.2 Å². The zero-order valence-electron chi connectivity index (χ0n) is 53.6. The third kappa shape index (κ3) is 65.9. The van der Waals surface area contributed by atoms with Crippen molar-refractivity contribution in [3.63, 3.8) is 0 Å². The Hall–Kier alpha value is -2.89. The summed E-state index contributed by atoms with van der Waals surface area (Å²) >= 11 is 0. The highest BCUT2D eigenvalue weighted by Crippen LogP contribution is 2.18. The molecule has 0 fully saturated rings. The molecule has 6 heteroatoms. The minimum atomic E-state index is -0.775. The van der Waals surface area contributed by atoms with E-state index in [9.17, 15) is 14.4 Å². The first-order valence-electron chi connectivity index (χ1n) is 35.3. The van der Waals surface area contributed by atoms with Crippen LogP contribution >= 0.6 is 0 Å². The quantitative estimate of drug-likeness (QED) is 0.0261. The van der Waals surface area contributed by atoms with Crippen molar-refractivity contribution in [3.05, 3.63) is 60.8 Å². The number of ether oxygens (including phenoxy) is 3. The predicted octanol–water partition coefficient (Wildman–Crippen LogP) is 24.3. The molecule has 0 aliphatic rings. The molecule has 0 heterocycles. The average Bonchev–Trinajstić information content (AvgIpc) is 3.46. The summed E-state index contributed by atoms with van der Waals surface area (Å²) in [4.78, 5) is 38.3. The standard InChI is InChI=1S/C74H134O6/c1-4-7-10-13-16-19-22-24-26-28-30-32-34-36-37-39-40-42-44-46-48-50-52-55-58-61-64-67-73(76)79-70-71(69-78-72(75)66-63-60-57-54-21-18-15-12-9-6-3)80-74(77)68-65-62-59-56-53-51-49-47-45-43-41-38-35-33-31-29-27-25-23-20-17-14-11-8-5-2/h8,11,17,20,25,27,31,33,38,41,71H,4-7,9-10,12-16,18-19,21-24,26,28-30,32,34-37,39-40,42-70H2,1-3H3/b11-8-,20-17-,27-25-,33-31-,41-38-. The van der Waals surface area contributed by atoms with E-state index in [0.29, 0.717) is 19.3 Å². The van der Waals surface area contributed by atoms with Crippen molar-refractivity contribution < 1.29 is 28.6 Å². The van der Waals surface area contributed by atoms with Crippen LogP contribution in [-0.4, -0.2) is 37.2 Å². The van der Waals surface area contributed by atoms with Gasteiger partial charge in [0.05, 0.1) is 0 Å². The molecule has 0 aliphatic heterocycles. The van der Waals surface area contributed by atoms with Gasteiger partial charge in [-0.05, 0) is 64.2 Å². The molecule has 0 amide bonds.